The molecule has 3 rings (SSSR count). The maximum absolute atomic E-state index is 6.16. The fourth-order valence-electron chi connectivity index (χ4n) is 3.75. The highest BCUT2D eigenvalue weighted by molar-refractivity contribution is 5.67. The van der Waals surface area contributed by atoms with Crippen molar-refractivity contribution in [1.29, 1.82) is 0 Å². The Balaban J connectivity index is 1.75. The van der Waals surface area contributed by atoms with Crippen LogP contribution in [0.3, 0.4) is 0 Å². The summed E-state index contributed by atoms with van der Waals surface area (Å²) >= 11 is 0. The number of aryl methyl sites for hydroxylation is 1. The van der Waals surface area contributed by atoms with E-state index in [-0.39, 0.29) is 0 Å². The van der Waals surface area contributed by atoms with Crippen LogP contribution in [0.1, 0.15) is 51.0 Å². The maximum atomic E-state index is 6.16. The van der Waals surface area contributed by atoms with Gasteiger partial charge in [0, 0.05) is 11.4 Å². The summed E-state index contributed by atoms with van der Waals surface area (Å²) in [4.78, 5) is 2.12. The van der Waals surface area contributed by atoms with Gasteiger partial charge in [-0.15, -0.1) is 0 Å². The molecule has 0 amide bonds. The normalized spacial score (nSPS) is 14.8. The molecule has 0 atom stereocenters. The van der Waals surface area contributed by atoms with Crippen molar-refractivity contribution in [3.05, 3.63) is 72.6 Å². The predicted octanol–water partition coefficient (Wildman–Crippen LogP) is 6.85. The van der Waals surface area contributed by atoms with Gasteiger partial charge in [0.1, 0.15) is 0 Å². The Bertz CT molecular complexity index is 671. The molecule has 0 unspecified atom stereocenters. The highest BCUT2D eigenvalue weighted by Gasteiger charge is 2.18. The first-order valence-electron chi connectivity index (χ1n) is 10.0. The van der Waals surface area contributed by atoms with E-state index >= 15 is 0 Å². The van der Waals surface area contributed by atoms with Gasteiger partial charge in [-0.3, -0.25) is 4.90 Å². The molecule has 0 heterocycles. The van der Waals surface area contributed by atoms with E-state index < -0.39 is 0 Å². The van der Waals surface area contributed by atoms with Crippen molar-refractivity contribution in [1.82, 2.24) is 0 Å². The van der Waals surface area contributed by atoms with Gasteiger partial charge < -0.3 is 4.74 Å². The Morgan fingerprint density at radius 3 is 2.27 bits per heavy atom. The second-order valence-corrected chi connectivity index (χ2v) is 7.30. The second-order valence-electron chi connectivity index (χ2n) is 7.30. The van der Waals surface area contributed by atoms with Crippen LogP contribution in [-0.4, -0.2) is 6.61 Å². The van der Waals surface area contributed by atoms with Crippen LogP contribution >= 0.6 is 0 Å². The van der Waals surface area contributed by atoms with E-state index in [2.05, 4.69) is 66.9 Å². The van der Waals surface area contributed by atoms with Crippen molar-refractivity contribution in [2.24, 2.45) is 5.92 Å². The first-order valence-corrected chi connectivity index (χ1v) is 10.0. The second kappa shape index (κ2) is 9.47. The number of hydrogen-bond acceptors (Lipinski definition) is 2. The van der Waals surface area contributed by atoms with Crippen LogP contribution < -0.4 is 4.90 Å². The molecule has 2 aromatic carbocycles. The highest BCUT2D eigenvalue weighted by atomic mass is 16.5. The van der Waals surface area contributed by atoms with Crippen LogP contribution in [0.2, 0.25) is 0 Å². The van der Waals surface area contributed by atoms with Crippen LogP contribution in [0.25, 0.3) is 0 Å². The molecule has 26 heavy (non-hydrogen) atoms. The third-order valence-corrected chi connectivity index (χ3v) is 5.21. The fraction of sp³-hybridized carbons (Fsp3) is 0.417. The summed E-state index contributed by atoms with van der Waals surface area (Å²) in [5.41, 5.74) is 3.56. The molecule has 1 aliphatic rings. The lowest BCUT2D eigenvalue weighted by molar-refractivity contribution is 0.141. The van der Waals surface area contributed by atoms with Gasteiger partial charge in [-0.1, -0.05) is 62.9 Å². The number of hydrogen-bond donors (Lipinski definition) is 0. The van der Waals surface area contributed by atoms with E-state index in [0.29, 0.717) is 11.8 Å². The molecule has 2 nitrogen and oxygen atoms in total. The van der Waals surface area contributed by atoms with Crippen LogP contribution in [-0.2, 0) is 11.2 Å². The van der Waals surface area contributed by atoms with Crippen molar-refractivity contribution >= 4 is 11.4 Å². The van der Waals surface area contributed by atoms with Crippen molar-refractivity contribution < 1.29 is 4.74 Å². The minimum atomic E-state index is 0.671. The average molecular weight is 350 g/mol. The zero-order chi connectivity index (χ0) is 18.2. The van der Waals surface area contributed by atoms with E-state index in [1.807, 2.05) is 6.07 Å². The SMILES string of the molecule is C=C(OCC1CCCCC1)N(c1ccccc1)c1ccc(CCC)cc1. The molecule has 1 fully saturated rings. The Morgan fingerprint density at radius 2 is 1.62 bits per heavy atom. The van der Waals surface area contributed by atoms with E-state index in [1.54, 1.807) is 0 Å². The number of anilines is 2. The van der Waals surface area contributed by atoms with Crippen LogP contribution in [0, 0.1) is 5.92 Å². The van der Waals surface area contributed by atoms with E-state index in [9.17, 15) is 0 Å². The molecule has 2 heteroatoms. The van der Waals surface area contributed by atoms with Gasteiger partial charge in [0.25, 0.3) is 0 Å². The van der Waals surface area contributed by atoms with Crippen LogP contribution in [0.4, 0.5) is 11.4 Å². The molecule has 0 radical (unpaired) electrons. The molecule has 2 aromatic rings. The third-order valence-electron chi connectivity index (χ3n) is 5.21. The fourth-order valence-corrected chi connectivity index (χ4v) is 3.75. The van der Waals surface area contributed by atoms with Crippen molar-refractivity contribution in [3.63, 3.8) is 0 Å². The van der Waals surface area contributed by atoms with Crippen LogP contribution in [0.15, 0.2) is 67.1 Å². The summed E-state index contributed by atoms with van der Waals surface area (Å²) in [5, 5.41) is 0. The molecule has 0 spiro atoms. The molecule has 0 aliphatic heterocycles. The van der Waals surface area contributed by atoms with Crippen LogP contribution in [0.5, 0.6) is 0 Å². The number of nitrogens with zero attached hydrogens (tertiary/aromatic N) is 1. The lowest BCUT2D eigenvalue weighted by atomic mass is 9.90. The van der Waals surface area contributed by atoms with E-state index in [1.165, 1.54) is 44.1 Å². The molecule has 0 saturated heterocycles. The summed E-state index contributed by atoms with van der Waals surface area (Å²) < 4.78 is 6.16. The summed E-state index contributed by atoms with van der Waals surface area (Å²) in [6.45, 7) is 7.24. The van der Waals surface area contributed by atoms with Gasteiger partial charge in [-0.2, -0.15) is 0 Å². The van der Waals surface area contributed by atoms with Gasteiger partial charge in [-0.25, -0.2) is 0 Å². The smallest absolute Gasteiger partial charge is 0.191 e. The van der Waals surface area contributed by atoms with E-state index in [4.69, 9.17) is 4.74 Å². The number of benzene rings is 2. The Hall–Kier alpha value is -2.22. The zero-order valence-corrected chi connectivity index (χ0v) is 16.0. The molecular formula is C24H31NO. The molecule has 1 aliphatic carbocycles. The summed E-state index contributed by atoms with van der Waals surface area (Å²) in [5.74, 6) is 1.38. The molecule has 0 bridgehead atoms. The quantitative estimate of drug-likeness (QED) is 0.483. The topological polar surface area (TPSA) is 12.5 Å². The van der Waals surface area contributed by atoms with Gasteiger partial charge in [0.2, 0.25) is 0 Å². The molecule has 0 N–H and O–H groups in total. The standard InChI is InChI=1S/C24H31NO/c1-3-10-21-15-17-24(18-16-21)25(23-13-8-5-9-14-23)20(2)26-19-22-11-6-4-7-12-22/h5,8-9,13-18,22H,2-4,6-7,10-12,19H2,1H3. The van der Waals surface area contributed by atoms with E-state index in [0.717, 1.165) is 24.4 Å². The Kier molecular flexibility index (Phi) is 6.76. The van der Waals surface area contributed by atoms with Crippen molar-refractivity contribution in [2.45, 2.75) is 51.9 Å². The molecule has 138 valence electrons. The highest BCUT2D eigenvalue weighted by Crippen LogP contribution is 2.31. The predicted molar refractivity (Wildman–Crippen MR) is 111 cm³/mol. The summed E-state index contributed by atoms with van der Waals surface area (Å²) in [6.07, 6.45) is 8.89. The molecular weight excluding hydrogens is 318 g/mol. The minimum Gasteiger partial charge on any atom is -0.479 e. The monoisotopic (exact) mass is 349 g/mol. The number of ether oxygens (including phenoxy) is 1. The minimum absolute atomic E-state index is 0.671. The van der Waals surface area contributed by atoms with Crippen molar-refractivity contribution in [3.8, 4) is 0 Å². The average Bonchev–Trinajstić information content (AvgIpc) is 2.70. The zero-order valence-electron chi connectivity index (χ0n) is 16.0. The lowest BCUT2D eigenvalue weighted by Gasteiger charge is -2.29. The number of para-hydroxylation sites is 1. The lowest BCUT2D eigenvalue weighted by Crippen LogP contribution is -2.21. The third kappa shape index (κ3) is 4.91. The number of rotatable bonds is 8. The first-order chi connectivity index (χ1) is 12.8. The van der Waals surface area contributed by atoms with Crippen molar-refractivity contribution in [2.75, 3.05) is 11.5 Å². The summed E-state index contributed by atoms with van der Waals surface area (Å²) in [7, 11) is 0. The van der Waals surface area contributed by atoms with Gasteiger partial charge in [0.05, 0.1) is 6.61 Å². The Labute approximate surface area is 158 Å². The maximum Gasteiger partial charge on any atom is 0.191 e. The van der Waals surface area contributed by atoms with Gasteiger partial charge >= 0.3 is 0 Å². The van der Waals surface area contributed by atoms with Gasteiger partial charge in [-0.05, 0) is 61.6 Å². The first kappa shape index (κ1) is 18.6. The summed E-state index contributed by atoms with van der Waals surface area (Å²) in [6, 6.07) is 19.1. The molecule has 1 saturated carbocycles. The molecule has 0 aromatic heterocycles. The Morgan fingerprint density at radius 1 is 0.962 bits per heavy atom. The largest absolute Gasteiger partial charge is 0.479 e. The van der Waals surface area contributed by atoms with Gasteiger partial charge in [0.15, 0.2) is 5.88 Å².